The molecule has 0 heterocycles. The van der Waals surface area contributed by atoms with E-state index in [0.29, 0.717) is 12.8 Å². The second-order valence-electron chi connectivity index (χ2n) is 17.2. The molecule has 0 radical (unpaired) electrons. The number of hydrogen-bond donors (Lipinski definition) is 8. The van der Waals surface area contributed by atoms with Gasteiger partial charge in [0.1, 0.15) is 43.2 Å². The predicted molar refractivity (Wildman–Crippen MR) is 261 cm³/mol. The number of aliphatic hydroxyl groups is 7. The highest BCUT2D eigenvalue weighted by atomic mass is 31.2. The third-order valence-electron chi connectivity index (χ3n) is 11.2. The Morgan fingerprint density at radius 3 is 1.55 bits per heavy atom. The first-order valence-corrected chi connectivity index (χ1v) is 26.4. The standard InChI is InChI=1S/C51H87O15P/c1-3-5-7-9-11-13-15-17-18-19-20-21-22-23-25-27-29-31-33-37-45(55)65-41(40-64-67(61,62)66-51-49(59)47(57)46(56)48(58)50(51)60)39-63-44(54)38-34-36-43(53)42(52)35-32-30-28-26-24-16-14-12-10-8-6-4-2/h6,8,11-14,17-18,24,26,30,32,41-43,46-53,56-60H,3-5,7,9-10,15-16,19-23,25,27-29,31,33-40H2,1-2H3,(H,61,62)/b8-6-,13-11-,14-12-,18-17-,26-24-,32-30-/t41-,42+,43+,46?,47-,48+,49-,50-,51?/m1/s1. The number of allylic oxidation sites excluding steroid dienone is 11. The summed E-state index contributed by atoms with van der Waals surface area (Å²) in [4.78, 5) is 35.9. The van der Waals surface area contributed by atoms with Gasteiger partial charge >= 0.3 is 19.8 Å². The molecule has 16 heteroatoms. The van der Waals surface area contributed by atoms with Crippen LogP contribution in [0.5, 0.6) is 0 Å². The van der Waals surface area contributed by atoms with Crippen molar-refractivity contribution in [1.29, 1.82) is 0 Å². The Bertz CT molecular complexity index is 1480. The Balaban J connectivity index is 2.53. The summed E-state index contributed by atoms with van der Waals surface area (Å²) in [6.45, 7) is 2.91. The van der Waals surface area contributed by atoms with E-state index < -0.39 is 87.9 Å². The van der Waals surface area contributed by atoms with Crippen LogP contribution in [0.25, 0.3) is 0 Å². The first-order valence-electron chi connectivity index (χ1n) is 24.9. The predicted octanol–water partition coefficient (Wildman–Crippen LogP) is 8.22. The number of esters is 2. The molecule has 0 aromatic carbocycles. The molecule has 0 aromatic rings. The Morgan fingerprint density at radius 1 is 0.537 bits per heavy atom. The van der Waals surface area contributed by atoms with Gasteiger partial charge < -0.3 is 50.1 Å². The Morgan fingerprint density at radius 2 is 1.00 bits per heavy atom. The minimum atomic E-state index is -5.20. The maximum Gasteiger partial charge on any atom is 0.472 e. The summed E-state index contributed by atoms with van der Waals surface area (Å²) >= 11 is 0. The molecule has 1 aliphatic rings. The van der Waals surface area contributed by atoms with Gasteiger partial charge in [-0.1, -0.05) is 145 Å². The largest absolute Gasteiger partial charge is 0.472 e. The van der Waals surface area contributed by atoms with Crippen LogP contribution in [0, 0.1) is 0 Å². The van der Waals surface area contributed by atoms with E-state index in [2.05, 4.69) is 68.5 Å². The van der Waals surface area contributed by atoms with Gasteiger partial charge in [0, 0.05) is 12.8 Å². The van der Waals surface area contributed by atoms with E-state index in [4.69, 9.17) is 18.5 Å². The van der Waals surface area contributed by atoms with Gasteiger partial charge in [0.15, 0.2) is 6.10 Å². The molecule has 67 heavy (non-hydrogen) atoms. The molecule has 0 amide bonds. The molecule has 386 valence electrons. The average molecular weight is 971 g/mol. The number of hydrogen-bond acceptors (Lipinski definition) is 14. The van der Waals surface area contributed by atoms with Gasteiger partial charge in [0.05, 0.1) is 18.8 Å². The number of phosphoric ester groups is 1. The van der Waals surface area contributed by atoms with E-state index in [-0.39, 0.29) is 32.1 Å². The number of phosphoric acid groups is 1. The van der Waals surface area contributed by atoms with Crippen LogP contribution in [-0.2, 0) is 32.7 Å². The van der Waals surface area contributed by atoms with Gasteiger partial charge in [-0.25, -0.2) is 4.57 Å². The Hall–Kier alpha value is -2.79. The molecule has 1 fully saturated rings. The summed E-state index contributed by atoms with van der Waals surface area (Å²) in [6, 6.07) is 0. The molecule has 0 aliphatic heterocycles. The van der Waals surface area contributed by atoms with Crippen molar-refractivity contribution < 1.29 is 73.3 Å². The normalized spacial score (nSPS) is 22.7. The molecule has 10 atom stereocenters. The SMILES string of the molecule is CC/C=C\C/C=C\C/C=C\C/C=C\C[C@H](O)[C@@H](O)CCCC(=O)OC[C@H](COP(=O)(O)OC1[C@H](O)[C@H](O)C(O)[C@H](O)[C@H]1O)OC(=O)CCCCCCCCCCC/C=C\C/C=C\CCCCC. The summed E-state index contributed by atoms with van der Waals surface area (Å²) < 4.78 is 33.4. The summed E-state index contributed by atoms with van der Waals surface area (Å²) in [5, 5.41) is 71.0. The lowest BCUT2D eigenvalue weighted by atomic mass is 9.85. The van der Waals surface area contributed by atoms with E-state index in [1.54, 1.807) is 6.08 Å². The maximum absolute atomic E-state index is 12.9. The number of carbonyl (C=O) groups is 2. The van der Waals surface area contributed by atoms with Gasteiger partial charge in [-0.05, 0) is 83.5 Å². The van der Waals surface area contributed by atoms with Crippen LogP contribution in [0.15, 0.2) is 72.9 Å². The second kappa shape index (κ2) is 40.0. The molecule has 0 bridgehead atoms. The molecule has 15 nitrogen and oxygen atoms in total. The van der Waals surface area contributed by atoms with E-state index in [1.165, 1.54) is 38.5 Å². The zero-order chi connectivity index (χ0) is 49.5. The number of aliphatic hydroxyl groups excluding tert-OH is 7. The molecule has 8 N–H and O–H groups in total. The highest BCUT2D eigenvalue weighted by Gasteiger charge is 2.51. The number of carbonyl (C=O) groups excluding carboxylic acids is 2. The van der Waals surface area contributed by atoms with Crippen LogP contribution >= 0.6 is 7.82 Å². The molecule has 0 aromatic heterocycles. The topological polar surface area (TPSA) is 250 Å². The number of ether oxygens (including phenoxy) is 2. The molecule has 1 rings (SSSR count). The fraction of sp³-hybridized carbons (Fsp3) is 0.725. The second-order valence-corrected chi connectivity index (χ2v) is 18.6. The quantitative estimate of drug-likeness (QED) is 0.0125. The molecule has 1 aliphatic carbocycles. The zero-order valence-electron chi connectivity index (χ0n) is 40.4. The fourth-order valence-electron chi connectivity index (χ4n) is 7.11. The highest BCUT2D eigenvalue weighted by Crippen LogP contribution is 2.47. The van der Waals surface area contributed by atoms with Gasteiger partial charge in [-0.2, -0.15) is 0 Å². The number of rotatable bonds is 40. The van der Waals surface area contributed by atoms with Crippen molar-refractivity contribution in [3.63, 3.8) is 0 Å². The van der Waals surface area contributed by atoms with Gasteiger partial charge in [-0.15, -0.1) is 0 Å². The van der Waals surface area contributed by atoms with E-state index in [9.17, 15) is 54.8 Å². The minimum Gasteiger partial charge on any atom is -0.462 e. The van der Waals surface area contributed by atoms with Crippen molar-refractivity contribution in [2.45, 2.75) is 223 Å². The van der Waals surface area contributed by atoms with E-state index >= 15 is 0 Å². The van der Waals surface area contributed by atoms with E-state index in [0.717, 1.165) is 70.6 Å². The Kier molecular flexibility index (Phi) is 37.1. The lowest BCUT2D eigenvalue weighted by molar-refractivity contribution is -0.220. The van der Waals surface area contributed by atoms with Gasteiger partial charge in [-0.3, -0.25) is 18.6 Å². The van der Waals surface area contributed by atoms with Crippen molar-refractivity contribution >= 4 is 19.8 Å². The third kappa shape index (κ3) is 31.9. The smallest absolute Gasteiger partial charge is 0.462 e. The maximum atomic E-state index is 12.9. The first-order chi connectivity index (χ1) is 32.2. The molecule has 1 saturated carbocycles. The zero-order valence-corrected chi connectivity index (χ0v) is 41.3. The van der Waals surface area contributed by atoms with Crippen LogP contribution in [0.1, 0.15) is 168 Å². The summed E-state index contributed by atoms with van der Waals surface area (Å²) in [5.41, 5.74) is 0. The van der Waals surface area contributed by atoms with Crippen molar-refractivity contribution in [1.82, 2.24) is 0 Å². The van der Waals surface area contributed by atoms with Crippen molar-refractivity contribution in [3.05, 3.63) is 72.9 Å². The highest BCUT2D eigenvalue weighted by molar-refractivity contribution is 7.47. The van der Waals surface area contributed by atoms with Crippen molar-refractivity contribution in [2.24, 2.45) is 0 Å². The summed E-state index contributed by atoms with van der Waals surface area (Å²) in [7, 11) is -5.20. The summed E-state index contributed by atoms with van der Waals surface area (Å²) in [5.74, 6) is -1.40. The van der Waals surface area contributed by atoms with Gasteiger partial charge in [0.2, 0.25) is 0 Å². The van der Waals surface area contributed by atoms with Crippen LogP contribution in [0.3, 0.4) is 0 Å². The number of unbranched alkanes of at least 4 members (excludes halogenated alkanes) is 12. The van der Waals surface area contributed by atoms with Crippen LogP contribution in [0.4, 0.5) is 0 Å². The molecular formula is C51H87O15P. The van der Waals surface area contributed by atoms with Gasteiger partial charge in [0.25, 0.3) is 0 Å². The lowest BCUT2D eigenvalue weighted by Crippen LogP contribution is -2.64. The Labute approximate surface area is 401 Å². The molecular weight excluding hydrogens is 884 g/mol. The van der Waals surface area contributed by atoms with E-state index in [1.807, 2.05) is 12.2 Å². The third-order valence-corrected chi connectivity index (χ3v) is 12.2. The first kappa shape index (κ1) is 62.2. The van der Waals surface area contributed by atoms with Crippen LogP contribution in [-0.4, -0.2) is 121 Å². The molecule has 0 spiro atoms. The lowest BCUT2D eigenvalue weighted by Gasteiger charge is -2.41. The van der Waals surface area contributed by atoms with Crippen LogP contribution < -0.4 is 0 Å². The fourth-order valence-corrected chi connectivity index (χ4v) is 8.08. The van der Waals surface area contributed by atoms with Crippen LogP contribution in [0.2, 0.25) is 0 Å². The molecule has 0 saturated heterocycles. The van der Waals surface area contributed by atoms with Crippen molar-refractivity contribution in [3.8, 4) is 0 Å². The molecule has 3 unspecified atom stereocenters. The van der Waals surface area contributed by atoms with Crippen molar-refractivity contribution in [2.75, 3.05) is 13.2 Å². The summed E-state index contributed by atoms with van der Waals surface area (Å²) in [6.07, 6.45) is 29.5. The average Bonchev–Trinajstić information content (AvgIpc) is 3.30. The minimum absolute atomic E-state index is 0.0274. The monoisotopic (exact) mass is 971 g/mol.